The molecule has 0 radical (unpaired) electrons. The van der Waals surface area contributed by atoms with E-state index in [0.29, 0.717) is 11.5 Å². The fraction of sp³-hybridized carbons (Fsp3) is 0.214. The molecule has 1 unspecified atom stereocenters. The summed E-state index contributed by atoms with van der Waals surface area (Å²) in [4.78, 5) is 10.7. The molecule has 0 aliphatic heterocycles. The Kier molecular flexibility index (Phi) is 4.14. The Morgan fingerprint density at radius 2 is 2.10 bits per heavy atom. The Morgan fingerprint density at radius 1 is 1.30 bits per heavy atom. The summed E-state index contributed by atoms with van der Waals surface area (Å²) in [6.45, 7) is 1.54. The van der Waals surface area contributed by atoms with Gasteiger partial charge in [-0.2, -0.15) is 0 Å². The molecular weight excluding hydrogens is 258 g/mol. The van der Waals surface area contributed by atoms with Crippen LogP contribution in [-0.4, -0.2) is 34.4 Å². The van der Waals surface area contributed by atoms with Crippen LogP contribution in [0.15, 0.2) is 36.4 Å². The predicted octanol–water partition coefficient (Wildman–Crippen LogP) is 2.04. The van der Waals surface area contributed by atoms with E-state index in [4.69, 9.17) is 9.84 Å². The second-order valence-corrected chi connectivity index (χ2v) is 4.24. The summed E-state index contributed by atoms with van der Waals surface area (Å²) in [5.74, 6) is 0.223. The number of nitrogens with zero attached hydrogens (tertiary/aromatic N) is 2. The number of aromatic nitrogens is 2. The first kappa shape index (κ1) is 13.8. The van der Waals surface area contributed by atoms with Gasteiger partial charge < -0.3 is 15.2 Å². The molecule has 0 spiro atoms. The van der Waals surface area contributed by atoms with Gasteiger partial charge in [-0.3, -0.25) is 4.79 Å². The summed E-state index contributed by atoms with van der Waals surface area (Å²) in [6, 6.07) is 10.2. The minimum absolute atomic E-state index is 0.423. The average molecular weight is 273 g/mol. The van der Waals surface area contributed by atoms with Crippen LogP contribution < -0.4 is 10.1 Å². The number of anilines is 1. The van der Waals surface area contributed by atoms with Crippen LogP contribution in [0.1, 0.15) is 6.92 Å². The molecule has 1 aromatic heterocycles. The lowest BCUT2D eigenvalue weighted by Gasteiger charge is -2.09. The molecule has 0 saturated heterocycles. The van der Waals surface area contributed by atoms with E-state index in [9.17, 15) is 4.79 Å². The first-order valence-electron chi connectivity index (χ1n) is 6.07. The molecule has 0 bridgehead atoms. The number of aliphatic carboxylic acids is 1. The summed E-state index contributed by atoms with van der Waals surface area (Å²) in [6.07, 6.45) is 0. The minimum Gasteiger partial charge on any atom is -0.497 e. The number of rotatable bonds is 5. The van der Waals surface area contributed by atoms with Gasteiger partial charge in [0.15, 0.2) is 0 Å². The Morgan fingerprint density at radius 3 is 2.70 bits per heavy atom. The summed E-state index contributed by atoms with van der Waals surface area (Å²) >= 11 is 0. The molecule has 2 N–H and O–H groups in total. The lowest BCUT2D eigenvalue weighted by molar-refractivity contribution is -0.137. The average Bonchev–Trinajstić information content (AvgIpc) is 2.48. The van der Waals surface area contributed by atoms with E-state index in [1.807, 2.05) is 24.3 Å². The van der Waals surface area contributed by atoms with E-state index in [-0.39, 0.29) is 0 Å². The second kappa shape index (κ2) is 6.01. The van der Waals surface area contributed by atoms with Gasteiger partial charge in [0, 0.05) is 5.56 Å². The van der Waals surface area contributed by atoms with Crippen molar-refractivity contribution in [3.8, 4) is 17.0 Å². The molecule has 1 heterocycles. The normalized spacial score (nSPS) is 11.7. The van der Waals surface area contributed by atoms with E-state index >= 15 is 0 Å². The Hall–Kier alpha value is -2.63. The molecule has 0 aliphatic carbocycles. The van der Waals surface area contributed by atoms with E-state index in [1.165, 1.54) is 0 Å². The van der Waals surface area contributed by atoms with Crippen LogP contribution in [0.5, 0.6) is 5.75 Å². The molecule has 0 aliphatic rings. The van der Waals surface area contributed by atoms with Gasteiger partial charge in [0.2, 0.25) is 0 Å². The van der Waals surface area contributed by atoms with Crippen molar-refractivity contribution in [1.29, 1.82) is 0 Å². The predicted molar refractivity (Wildman–Crippen MR) is 74.7 cm³/mol. The van der Waals surface area contributed by atoms with Crippen molar-refractivity contribution in [2.45, 2.75) is 13.0 Å². The van der Waals surface area contributed by atoms with Gasteiger partial charge in [0.1, 0.15) is 17.6 Å². The number of methoxy groups -OCH3 is 1. The highest BCUT2D eigenvalue weighted by molar-refractivity contribution is 5.76. The van der Waals surface area contributed by atoms with Crippen LogP contribution in [0.3, 0.4) is 0 Å². The lowest BCUT2D eigenvalue weighted by Crippen LogP contribution is -2.25. The Balaban J connectivity index is 2.17. The van der Waals surface area contributed by atoms with E-state index in [2.05, 4.69) is 15.5 Å². The maximum atomic E-state index is 10.7. The topological polar surface area (TPSA) is 84.3 Å². The van der Waals surface area contributed by atoms with Crippen LogP contribution in [0.2, 0.25) is 0 Å². The fourth-order valence-corrected chi connectivity index (χ4v) is 1.63. The van der Waals surface area contributed by atoms with Crippen molar-refractivity contribution in [2.24, 2.45) is 0 Å². The molecule has 1 aromatic carbocycles. The monoisotopic (exact) mass is 273 g/mol. The summed E-state index contributed by atoms with van der Waals surface area (Å²) in [5.41, 5.74) is 1.58. The second-order valence-electron chi connectivity index (χ2n) is 4.24. The maximum absolute atomic E-state index is 10.7. The van der Waals surface area contributed by atoms with Crippen LogP contribution in [-0.2, 0) is 4.79 Å². The molecule has 0 fully saturated rings. The molecule has 20 heavy (non-hydrogen) atoms. The van der Waals surface area contributed by atoms with Gasteiger partial charge in [-0.25, -0.2) is 0 Å². The van der Waals surface area contributed by atoms with Crippen molar-refractivity contribution in [2.75, 3.05) is 12.4 Å². The molecule has 2 rings (SSSR count). The van der Waals surface area contributed by atoms with Gasteiger partial charge in [0.05, 0.1) is 12.8 Å². The van der Waals surface area contributed by atoms with Gasteiger partial charge in [0.25, 0.3) is 0 Å². The first-order chi connectivity index (χ1) is 9.60. The van der Waals surface area contributed by atoms with Crippen molar-refractivity contribution in [3.05, 3.63) is 36.4 Å². The number of carboxylic acids is 1. The first-order valence-corrected chi connectivity index (χ1v) is 6.07. The lowest BCUT2D eigenvalue weighted by atomic mass is 10.1. The molecule has 6 heteroatoms. The zero-order valence-corrected chi connectivity index (χ0v) is 11.2. The third kappa shape index (κ3) is 3.23. The highest BCUT2D eigenvalue weighted by Gasteiger charge is 2.11. The van der Waals surface area contributed by atoms with Crippen LogP contribution >= 0.6 is 0 Å². The van der Waals surface area contributed by atoms with Crippen molar-refractivity contribution < 1.29 is 14.6 Å². The van der Waals surface area contributed by atoms with Crippen molar-refractivity contribution in [1.82, 2.24) is 10.2 Å². The van der Waals surface area contributed by atoms with E-state index in [0.717, 1.165) is 11.3 Å². The van der Waals surface area contributed by atoms with Gasteiger partial charge in [-0.15, -0.1) is 10.2 Å². The molecule has 2 aromatic rings. The third-order valence-corrected chi connectivity index (χ3v) is 2.76. The Bertz CT molecular complexity index is 599. The van der Waals surface area contributed by atoms with E-state index < -0.39 is 12.0 Å². The van der Waals surface area contributed by atoms with Gasteiger partial charge in [-0.05, 0) is 31.2 Å². The number of hydrogen-bond acceptors (Lipinski definition) is 5. The molecule has 104 valence electrons. The number of nitrogens with one attached hydrogen (secondary N) is 1. The molecule has 0 saturated carbocycles. The van der Waals surface area contributed by atoms with Crippen LogP contribution in [0, 0.1) is 0 Å². The standard InChI is InChI=1S/C14H15N3O3/c1-9(14(18)19)15-13-7-6-12(16-17-13)10-4-3-5-11(8-10)20-2/h3-9H,1-2H3,(H,15,17)(H,18,19). The summed E-state index contributed by atoms with van der Waals surface area (Å²) in [7, 11) is 1.60. The smallest absolute Gasteiger partial charge is 0.325 e. The van der Waals surface area contributed by atoms with Gasteiger partial charge in [-0.1, -0.05) is 12.1 Å². The van der Waals surface area contributed by atoms with E-state index in [1.54, 1.807) is 26.2 Å². The quantitative estimate of drug-likeness (QED) is 0.867. The number of ether oxygens (including phenoxy) is 1. The molecule has 1 atom stereocenters. The van der Waals surface area contributed by atoms with Crippen LogP contribution in [0.4, 0.5) is 5.82 Å². The SMILES string of the molecule is COc1cccc(-c2ccc(NC(C)C(=O)O)nn2)c1. The highest BCUT2D eigenvalue weighted by Crippen LogP contribution is 2.22. The fourth-order valence-electron chi connectivity index (χ4n) is 1.63. The highest BCUT2D eigenvalue weighted by atomic mass is 16.5. The number of carboxylic acid groups (broad SMARTS) is 1. The largest absolute Gasteiger partial charge is 0.497 e. The maximum Gasteiger partial charge on any atom is 0.325 e. The molecular formula is C14H15N3O3. The van der Waals surface area contributed by atoms with Crippen molar-refractivity contribution in [3.63, 3.8) is 0 Å². The zero-order valence-electron chi connectivity index (χ0n) is 11.2. The summed E-state index contributed by atoms with van der Waals surface area (Å²) < 4.78 is 5.15. The molecule has 0 amide bonds. The van der Waals surface area contributed by atoms with Gasteiger partial charge >= 0.3 is 5.97 Å². The minimum atomic E-state index is -0.941. The summed E-state index contributed by atoms with van der Waals surface area (Å²) in [5, 5.41) is 19.6. The molecule has 6 nitrogen and oxygen atoms in total. The Labute approximate surface area is 116 Å². The number of hydrogen-bond donors (Lipinski definition) is 2. The van der Waals surface area contributed by atoms with Crippen LogP contribution in [0.25, 0.3) is 11.3 Å². The number of benzene rings is 1. The van der Waals surface area contributed by atoms with Crippen molar-refractivity contribution >= 4 is 11.8 Å². The third-order valence-electron chi connectivity index (χ3n) is 2.76. The number of carbonyl (C=O) groups is 1. The zero-order chi connectivity index (χ0) is 14.5.